The summed E-state index contributed by atoms with van der Waals surface area (Å²) in [6.45, 7) is 2.38. The van der Waals surface area contributed by atoms with E-state index in [1.54, 1.807) is 11.0 Å². The first-order valence-electron chi connectivity index (χ1n) is 8.69. The third-order valence-electron chi connectivity index (χ3n) is 4.90. The van der Waals surface area contributed by atoms with Gasteiger partial charge in [-0.25, -0.2) is 5.01 Å². The monoisotopic (exact) mass is 421 g/mol. The van der Waals surface area contributed by atoms with Crippen LogP contribution in [0.15, 0.2) is 40.5 Å². The second-order valence-electron chi connectivity index (χ2n) is 6.54. The molecule has 1 aromatic rings. The first-order chi connectivity index (χ1) is 12.6. The predicted molar refractivity (Wildman–Crippen MR) is 97.9 cm³/mol. The van der Waals surface area contributed by atoms with E-state index in [0.717, 1.165) is 4.47 Å². The molecule has 138 valence electrons. The van der Waals surface area contributed by atoms with Crippen molar-refractivity contribution in [1.82, 2.24) is 10.3 Å². The molecule has 0 unspecified atom stereocenters. The Morgan fingerprint density at radius 1 is 1.12 bits per heavy atom. The van der Waals surface area contributed by atoms with E-state index in [9.17, 15) is 9.59 Å². The highest BCUT2D eigenvalue weighted by atomic mass is 79.9. The minimum absolute atomic E-state index is 0.103. The van der Waals surface area contributed by atoms with Crippen molar-refractivity contribution in [1.29, 1.82) is 0 Å². The van der Waals surface area contributed by atoms with Crippen molar-refractivity contribution in [2.45, 2.75) is 25.0 Å². The molecule has 0 aromatic heterocycles. The van der Waals surface area contributed by atoms with Crippen LogP contribution in [0.4, 0.5) is 5.69 Å². The molecule has 0 aliphatic carbocycles. The van der Waals surface area contributed by atoms with Crippen molar-refractivity contribution in [2.24, 2.45) is 0 Å². The van der Waals surface area contributed by atoms with Gasteiger partial charge in [-0.2, -0.15) is 0 Å². The number of nitrogens with zero attached hydrogens (tertiary/aromatic N) is 2. The molecule has 4 rings (SSSR count). The zero-order chi connectivity index (χ0) is 18.1. The van der Waals surface area contributed by atoms with E-state index in [2.05, 4.69) is 21.4 Å². The topological polar surface area (TPSA) is 71.1 Å². The second kappa shape index (κ2) is 7.02. The molecule has 2 saturated heterocycles. The minimum Gasteiger partial charge on any atom is -0.347 e. The van der Waals surface area contributed by atoms with Gasteiger partial charge in [-0.3, -0.25) is 15.0 Å². The van der Waals surface area contributed by atoms with Crippen LogP contribution in [-0.4, -0.2) is 48.8 Å². The summed E-state index contributed by atoms with van der Waals surface area (Å²) in [6.07, 6.45) is 3.18. The number of amides is 2. The lowest BCUT2D eigenvalue weighted by molar-refractivity contribution is -0.186. The first kappa shape index (κ1) is 17.5. The number of hydrogen-bond donors (Lipinski definition) is 1. The van der Waals surface area contributed by atoms with E-state index in [1.165, 1.54) is 5.01 Å². The Morgan fingerprint density at radius 3 is 2.42 bits per heavy atom. The van der Waals surface area contributed by atoms with Gasteiger partial charge in [0.15, 0.2) is 5.79 Å². The number of hydrogen-bond acceptors (Lipinski definition) is 5. The quantitative estimate of drug-likeness (QED) is 0.789. The second-order valence-corrected chi connectivity index (χ2v) is 7.45. The molecule has 26 heavy (non-hydrogen) atoms. The molecule has 1 N–H and O–H groups in total. The Labute approximate surface area is 160 Å². The van der Waals surface area contributed by atoms with Crippen molar-refractivity contribution in [3.05, 3.63) is 40.5 Å². The van der Waals surface area contributed by atoms with Gasteiger partial charge in [-0.1, -0.05) is 15.9 Å². The fraction of sp³-hybridized carbons (Fsp3) is 0.444. The number of carbonyl (C=O) groups excluding carboxylic acids is 2. The van der Waals surface area contributed by atoms with Gasteiger partial charge in [0.25, 0.3) is 5.91 Å². The maximum absolute atomic E-state index is 12.9. The van der Waals surface area contributed by atoms with Crippen LogP contribution in [0.1, 0.15) is 19.3 Å². The Balaban J connectivity index is 1.43. The van der Waals surface area contributed by atoms with Gasteiger partial charge in [0.2, 0.25) is 5.91 Å². The van der Waals surface area contributed by atoms with Crippen molar-refractivity contribution in [3.63, 3.8) is 0 Å². The molecule has 2 fully saturated rings. The Morgan fingerprint density at radius 2 is 1.77 bits per heavy atom. The largest absolute Gasteiger partial charge is 0.347 e. The van der Waals surface area contributed by atoms with Gasteiger partial charge in [0.05, 0.1) is 18.9 Å². The molecule has 3 aliphatic heterocycles. The van der Waals surface area contributed by atoms with Crippen LogP contribution in [0.5, 0.6) is 0 Å². The molecule has 1 spiro atoms. The number of carbonyl (C=O) groups is 2. The average molecular weight is 422 g/mol. The van der Waals surface area contributed by atoms with Crippen LogP contribution in [-0.2, 0) is 19.1 Å². The number of hydrazine groups is 1. The molecule has 1 aromatic carbocycles. The Hall–Kier alpha value is -1.90. The molecular weight excluding hydrogens is 402 g/mol. The summed E-state index contributed by atoms with van der Waals surface area (Å²) in [6, 6.07) is 7.36. The van der Waals surface area contributed by atoms with Crippen LogP contribution in [0.25, 0.3) is 0 Å². The highest BCUT2D eigenvalue weighted by molar-refractivity contribution is 9.10. The summed E-state index contributed by atoms with van der Waals surface area (Å²) in [5, 5.41) is 1.42. The standard InChI is InChI=1S/C18H20BrN3O4/c19-13-1-3-14(4-2-13)22-16(23)6-5-15(20-22)17(24)21-9-7-18(8-10-21)25-11-12-26-18/h1-5,20H,6-12H2. The van der Waals surface area contributed by atoms with Crippen molar-refractivity contribution in [3.8, 4) is 0 Å². The van der Waals surface area contributed by atoms with Gasteiger partial charge in [-0.05, 0) is 30.3 Å². The summed E-state index contributed by atoms with van der Waals surface area (Å²) in [7, 11) is 0. The van der Waals surface area contributed by atoms with Crippen molar-refractivity contribution < 1.29 is 19.1 Å². The number of anilines is 1. The van der Waals surface area contributed by atoms with E-state index in [-0.39, 0.29) is 18.2 Å². The summed E-state index contributed by atoms with van der Waals surface area (Å²) >= 11 is 3.38. The molecule has 7 nitrogen and oxygen atoms in total. The molecule has 2 amide bonds. The normalized spacial score (nSPS) is 22.3. The van der Waals surface area contributed by atoms with Crippen LogP contribution >= 0.6 is 15.9 Å². The average Bonchev–Trinajstić information content (AvgIpc) is 3.11. The third kappa shape index (κ3) is 3.36. The van der Waals surface area contributed by atoms with Crippen LogP contribution in [0.3, 0.4) is 0 Å². The lowest BCUT2D eigenvalue weighted by Crippen LogP contribution is -2.52. The lowest BCUT2D eigenvalue weighted by Gasteiger charge is -2.38. The summed E-state index contributed by atoms with van der Waals surface area (Å²) in [4.78, 5) is 26.9. The molecule has 0 saturated carbocycles. The third-order valence-corrected chi connectivity index (χ3v) is 5.43. The fourth-order valence-corrected chi connectivity index (χ4v) is 3.71. The maximum atomic E-state index is 12.9. The number of piperidine rings is 1. The van der Waals surface area contributed by atoms with Gasteiger partial charge >= 0.3 is 0 Å². The number of rotatable bonds is 2. The Kier molecular flexibility index (Phi) is 4.73. The SMILES string of the molecule is O=C(C1=CCC(=O)N(c2ccc(Br)cc2)N1)N1CCC2(CC1)OCCO2. The van der Waals surface area contributed by atoms with Crippen molar-refractivity contribution in [2.75, 3.05) is 31.3 Å². The van der Waals surface area contributed by atoms with Gasteiger partial charge in [0, 0.05) is 36.8 Å². The highest BCUT2D eigenvalue weighted by Crippen LogP contribution is 2.32. The first-order valence-corrected chi connectivity index (χ1v) is 9.48. The number of nitrogens with one attached hydrogen (secondary N) is 1. The number of ether oxygens (including phenoxy) is 2. The van der Waals surface area contributed by atoms with Crippen LogP contribution < -0.4 is 10.4 Å². The number of benzene rings is 1. The number of likely N-dealkylation sites (tertiary alicyclic amines) is 1. The Bertz CT molecular complexity index is 733. The van der Waals surface area contributed by atoms with Gasteiger partial charge < -0.3 is 14.4 Å². The van der Waals surface area contributed by atoms with E-state index in [0.29, 0.717) is 50.5 Å². The van der Waals surface area contributed by atoms with E-state index < -0.39 is 5.79 Å². The molecular formula is C18H20BrN3O4. The van der Waals surface area contributed by atoms with Crippen molar-refractivity contribution >= 4 is 33.4 Å². The molecule has 3 heterocycles. The van der Waals surface area contributed by atoms with Gasteiger partial charge in [0.1, 0.15) is 5.70 Å². The highest BCUT2D eigenvalue weighted by Gasteiger charge is 2.41. The molecule has 8 heteroatoms. The number of halogens is 1. The van der Waals surface area contributed by atoms with E-state index in [1.807, 2.05) is 24.3 Å². The maximum Gasteiger partial charge on any atom is 0.271 e. The molecule has 0 radical (unpaired) electrons. The zero-order valence-corrected chi connectivity index (χ0v) is 15.8. The van der Waals surface area contributed by atoms with Crippen LogP contribution in [0.2, 0.25) is 0 Å². The predicted octanol–water partition coefficient (Wildman–Crippen LogP) is 1.94. The molecule has 0 bridgehead atoms. The minimum atomic E-state index is -0.509. The van der Waals surface area contributed by atoms with Gasteiger partial charge in [-0.15, -0.1) is 0 Å². The summed E-state index contributed by atoms with van der Waals surface area (Å²) in [5.41, 5.74) is 4.10. The summed E-state index contributed by atoms with van der Waals surface area (Å²) < 4.78 is 12.3. The van der Waals surface area contributed by atoms with Crippen LogP contribution in [0, 0.1) is 0 Å². The lowest BCUT2D eigenvalue weighted by atomic mass is 10.0. The summed E-state index contributed by atoms with van der Waals surface area (Å²) in [5.74, 6) is -0.716. The van der Waals surface area contributed by atoms with E-state index in [4.69, 9.17) is 9.47 Å². The smallest absolute Gasteiger partial charge is 0.271 e. The molecule has 3 aliphatic rings. The fourth-order valence-electron chi connectivity index (χ4n) is 3.45. The molecule has 0 atom stereocenters. The zero-order valence-electron chi connectivity index (χ0n) is 14.2. The van der Waals surface area contributed by atoms with E-state index >= 15 is 0 Å².